The molecule has 22 heavy (non-hydrogen) atoms. The molecule has 1 aromatic rings. The second-order valence-corrected chi connectivity index (χ2v) is 7.81. The molecule has 0 saturated carbocycles. The molecule has 0 aromatic heterocycles. The van der Waals surface area contributed by atoms with Crippen LogP contribution in [0.5, 0.6) is 0 Å². The third kappa shape index (κ3) is 3.61. The number of fused-ring (bicyclic) bond motifs is 1. The van der Waals surface area contributed by atoms with Gasteiger partial charge in [0.25, 0.3) is 0 Å². The summed E-state index contributed by atoms with van der Waals surface area (Å²) in [4.78, 5) is 13.8. The Hall–Kier alpha value is -0.710. The van der Waals surface area contributed by atoms with E-state index in [9.17, 15) is 4.79 Å². The molecule has 0 bridgehead atoms. The lowest BCUT2D eigenvalue weighted by atomic mass is 9.77. The Morgan fingerprint density at radius 1 is 1.41 bits per heavy atom. The minimum absolute atomic E-state index is 0. The third-order valence-electron chi connectivity index (χ3n) is 4.83. The van der Waals surface area contributed by atoms with Crippen molar-refractivity contribution in [1.29, 1.82) is 0 Å². The van der Waals surface area contributed by atoms with Gasteiger partial charge in [-0.2, -0.15) is 0 Å². The summed E-state index contributed by atoms with van der Waals surface area (Å²) in [7, 11) is 0. The lowest BCUT2D eigenvalue weighted by molar-refractivity contribution is -0.122. The number of hydrogen-bond donors (Lipinski definition) is 2. The fourth-order valence-corrected chi connectivity index (χ4v) is 4.55. The van der Waals surface area contributed by atoms with Gasteiger partial charge in [0, 0.05) is 23.2 Å². The number of piperidine rings is 1. The average Bonchev–Trinajstić information content (AvgIpc) is 2.89. The van der Waals surface area contributed by atoms with E-state index in [0.717, 1.165) is 18.8 Å². The maximum absolute atomic E-state index is 12.5. The van der Waals surface area contributed by atoms with Gasteiger partial charge in [-0.05, 0) is 36.4 Å². The zero-order chi connectivity index (χ0) is 14.9. The van der Waals surface area contributed by atoms with Crippen LogP contribution in [0.2, 0.25) is 0 Å². The van der Waals surface area contributed by atoms with Crippen LogP contribution in [0.15, 0.2) is 29.2 Å². The molecule has 3 rings (SSSR count). The minimum Gasteiger partial charge on any atom is -0.354 e. The predicted octanol–water partition coefficient (Wildman–Crippen LogP) is 3.19. The van der Waals surface area contributed by atoms with Crippen LogP contribution in [0, 0.1) is 5.41 Å². The number of amides is 1. The molecule has 2 heterocycles. The second-order valence-electron chi connectivity index (χ2n) is 6.75. The summed E-state index contributed by atoms with van der Waals surface area (Å²) < 4.78 is 0. The zero-order valence-corrected chi connectivity index (χ0v) is 14.9. The molecule has 1 saturated heterocycles. The van der Waals surface area contributed by atoms with Gasteiger partial charge in [0.1, 0.15) is 0 Å². The van der Waals surface area contributed by atoms with Crippen molar-refractivity contribution in [2.75, 3.05) is 18.8 Å². The van der Waals surface area contributed by atoms with E-state index in [4.69, 9.17) is 0 Å². The van der Waals surface area contributed by atoms with E-state index in [1.807, 2.05) is 12.1 Å². The Morgan fingerprint density at radius 3 is 2.95 bits per heavy atom. The monoisotopic (exact) mass is 340 g/mol. The molecular formula is C17H25ClN2OS. The number of benzene rings is 1. The van der Waals surface area contributed by atoms with Crippen LogP contribution >= 0.6 is 24.2 Å². The highest BCUT2D eigenvalue weighted by molar-refractivity contribution is 7.99. The van der Waals surface area contributed by atoms with E-state index in [2.05, 4.69) is 36.6 Å². The molecule has 2 aliphatic rings. The molecule has 2 atom stereocenters. The maximum Gasteiger partial charge on any atom is 0.228 e. The number of nitrogens with one attached hydrogen (secondary N) is 2. The predicted molar refractivity (Wildman–Crippen MR) is 95.0 cm³/mol. The van der Waals surface area contributed by atoms with Crippen molar-refractivity contribution in [2.45, 2.75) is 43.5 Å². The van der Waals surface area contributed by atoms with Crippen LogP contribution in [0.4, 0.5) is 0 Å². The van der Waals surface area contributed by atoms with E-state index < -0.39 is 0 Å². The van der Waals surface area contributed by atoms with E-state index in [1.54, 1.807) is 11.8 Å². The molecule has 3 nitrogen and oxygen atoms in total. The number of rotatable bonds is 3. The summed E-state index contributed by atoms with van der Waals surface area (Å²) in [6, 6.07) is 8.64. The lowest BCUT2D eigenvalue weighted by Gasteiger charge is -2.39. The van der Waals surface area contributed by atoms with Crippen LogP contribution in [0.3, 0.4) is 0 Å². The van der Waals surface area contributed by atoms with Gasteiger partial charge in [-0.25, -0.2) is 0 Å². The van der Waals surface area contributed by atoms with Crippen LogP contribution in [-0.4, -0.2) is 30.8 Å². The first-order valence-electron chi connectivity index (χ1n) is 7.81. The molecule has 2 unspecified atom stereocenters. The highest BCUT2D eigenvalue weighted by Gasteiger charge is 2.34. The Bertz CT molecular complexity index is 535. The molecular weight excluding hydrogens is 316 g/mol. The minimum atomic E-state index is 0. The van der Waals surface area contributed by atoms with Crippen LogP contribution in [0.1, 0.15) is 38.2 Å². The lowest BCUT2D eigenvalue weighted by Crippen LogP contribution is -2.53. The SMILES string of the molecule is CC1(C)CCCNC1CNC(=O)C1CSc2ccccc21.Cl. The zero-order valence-electron chi connectivity index (χ0n) is 13.2. The van der Waals surface area contributed by atoms with Crippen LogP contribution in [0.25, 0.3) is 0 Å². The maximum atomic E-state index is 12.5. The molecule has 2 N–H and O–H groups in total. The molecule has 0 radical (unpaired) electrons. The molecule has 1 fully saturated rings. The first kappa shape index (κ1) is 17.6. The number of carbonyl (C=O) groups excluding carboxylic acids is 1. The van der Waals surface area contributed by atoms with Gasteiger partial charge in [-0.3, -0.25) is 4.79 Å². The van der Waals surface area contributed by atoms with Gasteiger partial charge in [0.05, 0.1) is 5.92 Å². The van der Waals surface area contributed by atoms with Gasteiger partial charge in [-0.1, -0.05) is 32.0 Å². The summed E-state index contributed by atoms with van der Waals surface area (Å²) >= 11 is 1.79. The van der Waals surface area contributed by atoms with Crippen molar-refractivity contribution in [2.24, 2.45) is 5.41 Å². The number of carbonyl (C=O) groups is 1. The van der Waals surface area contributed by atoms with E-state index in [1.165, 1.54) is 23.3 Å². The first-order chi connectivity index (χ1) is 10.1. The fraction of sp³-hybridized carbons (Fsp3) is 0.588. The molecule has 122 valence electrons. The molecule has 0 spiro atoms. The average molecular weight is 341 g/mol. The first-order valence-corrected chi connectivity index (χ1v) is 8.79. The van der Waals surface area contributed by atoms with Crippen LogP contribution in [-0.2, 0) is 4.79 Å². The van der Waals surface area contributed by atoms with Crippen molar-refractivity contribution in [3.05, 3.63) is 29.8 Å². The van der Waals surface area contributed by atoms with Gasteiger partial charge in [-0.15, -0.1) is 24.2 Å². The molecule has 2 aliphatic heterocycles. The van der Waals surface area contributed by atoms with Gasteiger partial charge in [0.2, 0.25) is 5.91 Å². The summed E-state index contributed by atoms with van der Waals surface area (Å²) in [6.45, 7) is 6.37. The van der Waals surface area contributed by atoms with E-state index in [-0.39, 0.29) is 29.6 Å². The van der Waals surface area contributed by atoms with Crippen molar-refractivity contribution in [1.82, 2.24) is 10.6 Å². The van der Waals surface area contributed by atoms with Crippen molar-refractivity contribution in [3.63, 3.8) is 0 Å². The van der Waals surface area contributed by atoms with Crippen molar-refractivity contribution < 1.29 is 4.79 Å². The molecule has 5 heteroatoms. The van der Waals surface area contributed by atoms with Gasteiger partial charge < -0.3 is 10.6 Å². The highest BCUT2D eigenvalue weighted by atomic mass is 35.5. The second kappa shape index (κ2) is 7.24. The molecule has 1 aromatic carbocycles. The van der Waals surface area contributed by atoms with Gasteiger partial charge >= 0.3 is 0 Å². The molecule has 0 aliphatic carbocycles. The topological polar surface area (TPSA) is 41.1 Å². The largest absolute Gasteiger partial charge is 0.354 e. The summed E-state index contributed by atoms with van der Waals surface area (Å²) in [5, 5.41) is 6.73. The normalized spacial score (nSPS) is 25.9. The summed E-state index contributed by atoms with van der Waals surface area (Å²) in [5.41, 5.74) is 1.45. The highest BCUT2D eigenvalue weighted by Crippen LogP contribution is 2.39. The Balaban J connectivity index is 0.00000176. The Kier molecular flexibility index (Phi) is 5.81. The van der Waals surface area contributed by atoms with Crippen molar-refractivity contribution in [3.8, 4) is 0 Å². The number of thioether (sulfide) groups is 1. The van der Waals surface area contributed by atoms with E-state index in [0.29, 0.717) is 6.04 Å². The quantitative estimate of drug-likeness (QED) is 0.887. The fourth-order valence-electron chi connectivity index (χ4n) is 3.32. The number of halogens is 1. The molecule has 1 amide bonds. The standard InChI is InChI=1S/C17H24N2OS.ClH/c1-17(2)8-5-9-18-15(17)10-19-16(20)13-11-21-14-7-4-3-6-12(13)14;/h3-4,6-7,13,15,18H,5,8-11H2,1-2H3,(H,19,20);1H. The summed E-state index contributed by atoms with van der Waals surface area (Å²) in [5.74, 6) is 1.06. The summed E-state index contributed by atoms with van der Waals surface area (Å²) in [6.07, 6.45) is 2.45. The van der Waals surface area contributed by atoms with Crippen LogP contribution < -0.4 is 10.6 Å². The Labute approximate surface area is 143 Å². The smallest absolute Gasteiger partial charge is 0.228 e. The third-order valence-corrected chi connectivity index (χ3v) is 6.01. The van der Waals surface area contributed by atoms with Crippen molar-refractivity contribution >= 4 is 30.1 Å². The number of hydrogen-bond acceptors (Lipinski definition) is 3. The van der Waals surface area contributed by atoms with E-state index >= 15 is 0 Å². The van der Waals surface area contributed by atoms with Gasteiger partial charge in [0.15, 0.2) is 0 Å². The Morgan fingerprint density at radius 2 is 2.18 bits per heavy atom.